The molecule has 0 heterocycles. The summed E-state index contributed by atoms with van der Waals surface area (Å²) in [5, 5.41) is 0. The van der Waals surface area contributed by atoms with Gasteiger partial charge in [-0.3, -0.25) is 0 Å². The van der Waals surface area contributed by atoms with Crippen LogP contribution in [-0.4, -0.2) is 0 Å². The van der Waals surface area contributed by atoms with Gasteiger partial charge in [-0.25, -0.2) is 0 Å². The van der Waals surface area contributed by atoms with Gasteiger partial charge in [0, 0.05) is 6.42 Å². The summed E-state index contributed by atoms with van der Waals surface area (Å²) in [6, 6.07) is 0. The highest BCUT2D eigenvalue weighted by Gasteiger charge is 1.94. The van der Waals surface area contributed by atoms with Gasteiger partial charge in [0.1, 0.15) is 0 Å². The lowest BCUT2D eigenvalue weighted by Crippen LogP contribution is -1.83. The molecule has 0 saturated heterocycles. The van der Waals surface area contributed by atoms with Crippen LogP contribution in [0.15, 0.2) is 0 Å². The standard InChI is InChI=1S/C21H40/c1-3-5-7-9-11-13-15-17-19-21-20-18-16-14-12-10-8-6-4-2/h1H,4-21H2,2H3. The molecule has 0 aromatic carbocycles. The Labute approximate surface area is 135 Å². The zero-order chi connectivity index (χ0) is 15.4. The van der Waals surface area contributed by atoms with E-state index in [1.165, 1.54) is 109 Å². The van der Waals surface area contributed by atoms with Crippen LogP contribution in [0.3, 0.4) is 0 Å². The van der Waals surface area contributed by atoms with Crippen molar-refractivity contribution in [2.75, 3.05) is 0 Å². The van der Waals surface area contributed by atoms with E-state index < -0.39 is 0 Å². The highest BCUT2D eigenvalue weighted by atomic mass is 14.0. The molecule has 0 aliphatic carbocycles. The zero-order valence-corrected chi connectivity index (χ0v) is 14.8. The summed E-state index contributed by atoms with van der Waals surface area (Å²) in [6.07, 6.45) is 30.5. The zero-order valence-electron chi connectivity index (χ0n) is 14.8. The topological polar surface area (TPSA) is 0 Å². The third-order valence-corrected chi connectivity index (χ3v) is 4.42. The van der Waals surface area contributed by atoms with Crippen molar-refractivity contribution in [1.82, 2.24) is 0 Å². The second-order valence-electron chi connectivity index (χ2n) is 6.61. The van der Waals surface area contributed by atoms with Crippen molar-refractivity contribution in [2.45, 2.75) is 122 Å². The minimum Gasteiger partial charge on any atom is -0.120 e. The molecule has 0 radical (unpaired) electrons. The summed E-state index contributed by atoms with van der Waals surface area (Å²) in [5.41, 5.74) is 0. The molecule has 124 valence electrons. The second-order valence-corrected chi connectivity index (χ2v) is 6.61. The maximum atomic E-state index is 5.24. The summed E-state index contributed by atoms with van der Waals surface area (Å²) >= 11 is 0. The number of rotatable bonds is 17. The number of terminal acetylenes is 1. The van der Waals surface area contributed by atoms with Crippen molar-refractivity contribution < 1.29 is 0 Å². The highest BCUT2D eigenvalue weighted by molar-refractivity contribution is 4.82. The van der Waals surface area contributed by atoms with Crippen LogP contribution in [-0.2, 0) is 0 Å². The quantitative estimate of drug-likeness (QED) is 0.191. The van der Waals surface area contributed by atoms with E-state index in [4.69, 9.17) is 6.42 Å². The molecule has 0 aromatic heterocycles. The average molecular weight is 293 g/mol. The predicted molar refractivity (Wildman–Crippen MR) is 97.6 cm³/mol. The third-order valence-electron chi connectivity index (χ3n) is 4.42. The van der Waals surface area contributed by atoms with Crippen LogP contribution in [0.5, 0.6) is 0 Å². The van der Waals surface area contributed by atoms with E-state index in [-0.39, 0.29) is 0 Å². The Bertz CT molecular complexity index is 211. The Kier molecular flexibility index (Phi) is 19.2. The van der Waals surface area contributed by atoms with Crippen molar-refractivity contribution in [3.05, 3.63) is 0 Å². The minimum atomic E-state index is 0.971. The molecule has 0 aliphatic rings. The fourth-order valence-corrected chi connectivity index (χ4v) is 2.95. The van der Waals surface area contributed by atoms with Gasteiger partial charge in [0.05, 0.1) is 0 Å². The summed E-state index contributed by atoms with van der Waals surface area (Å²) in [5.74, 6) is 2.72. The second kappa shape index (κ2) is 19.6. The van der Waals surface area contributed by atoms with Crippen LogP contribution < -0.4 is 0 Å². The third kappa shape index (κ3) is 19.6. The van der Waals surface area contributed by atoms with E-state index in [0.29, 0.717) is 0 Å². The van der Waals surface area contributed by atoms with Gasteiger partial charge < -0.3 is 0 Å². The minimum absolute atomic E-state index is 0.971. The fraction of sp³-hybridized carbons (Fsp3) is 0.905. The lowest BCUT2D eigenvalue weighted by Gasteiger charge is -2.03. The normalized spacial score (nSPS) is 10.7. The van der Waals surface area contributed by atoms with E-state index in [1.54, 1.807) is 0 Å². The first-order valence-corrected chi connectivity index (χ1v) is 9.85. The van der Waals surface area contributed by atoms with Crippen molar-refractivity contribution >= 4 is 0 Å². The molecule has 0 rings (SSSR count). The Morgan fingerprint density at radius 1 is 0.476 bits per heavy atom. The molecule has 0 nitrogen and oxygen atoms in total. The number of hydrogen-bond donors (Lipinski definition) is 0. The van der Waals surface area contributed by atoms with E-state index in [1.807, 2.05) is 0 Å². The molecule has 0 heteroatoms. The van der Waals surface area contributed by atoms with Gasteiger partial charge in [0.2, 0.25) is 0 Å². The highest BCUT2D eigenvalue weighted by Crippen LogP contribution is 2.14. The molecular weight excluding hydrogens is 252 g/mol. The molecule has 0 aliphatic heterocycles. The van der Waals surface area contributed by atoms with Gasteiger partial charge in [-0.05, 0) is 6.42 Å². The molecule has 0 saturated carbocycles. The lowest BCUT2D eigenvalue weighted by atomic mass is 10.0. The van der Waals surface area contributed by atoms with E-state index in [0.717, 1.165) is 6.42 Å². The van der Waals surface area contributed by atoms with Crippen LogP contribution in [0.2, 0.25) is 0 Å². The largest absolute Gasteiger partial charge is 0.120 e. The molecule has 0 N–H and O–H groups in total. The van der Waals surface area contributed by atoms with E-state index in [2.05, 4.69) is 12.8 Å². The van der Waals surface area contributed by atoms with E-state index in [9.17, 15) is 0 Å². The molecule has 0 aromatic rings. The molecule has 0 spiro atoms. The number of hydrogen-bond acceptors (Lipinski definition) is 0. The monoisotopic (exact) mass is 292 g/mol. The summed E-state index contributed by atoms with van der Waals surface area (Å²) in [6.45, 7) is 2.29. The molecular formula is C21H40. The van der Waals surface area contributed by atoms with Crippen LogP contribution in [0.4, 0.5) is 0 Å². The maximum absolute atomic E-state index is 5.24. The first-order valence-electron chi connectivity index (χ1n) is 9.85. The Balaban J connectivity index is 2.92. The van der Waals surface area contributed by atoms with Crippen molar-refractivity contribution in [3.8, 4) is 12.3 Å². The number of unbranched alkanes of at least 4 members (excludes halogenated alkanes) is 17. The summed E-state index contributed by atoms with van der Waals surface area (Å²) in [7, 11) is 0. The average Bonchev–Trinajstić information content (AvgIpc) is 2.50. The van der Waals surface area contributed by atoms with Crippen LogP contribution in [0, 0.1) is 12.3 Å². The van der Waals surface area contributed by atoms with Gasteiger partial charge in [-0.1, -0.05) is 110 Å². The summed E-state index contributed by atoms with van der Waals surface area (Å²) < 4.78 is 0. The van der Waals surface area contributed by atoms with Crippen LogP contribution in [0.1, 0.15) is 122 Å². The van der Waals surface area contributed by atoms with Crippen molar-refractivity contribution in [3.63, 3.8) is 0 Å². The lowest BCUT2D eigenvalue weighted by molar-refractivity contribution is 0.528. The Morgan fingerprint density at radius 2 is 0.762 bits per heavy atom. The Morgan fingerprint density at radius 3 is 1.05 bits per heavy atom. The van der Waals surface area contributed by atoms with E-state index >= 15 is 0 Å². The van der Waals surface area contributed by atoms with Gasteiger partial charge in [-0.15, -0.1) is 12.3 Å². The van der Waals surface area contributed by atoms with Gasteiger partial charge in [0.15, 0.2) is 0 Å². The van der Waals surface area contributed by atoms with Crippen LogP contribution in [0.25, 0.3) is 0 Å². The smallest absolute Gasteiger partial charge is 0.00860 e. The van der Waals surface area contributed by atoms with Crippen LogP contribution >= 0.6 is 0 Å². The SMILES string of the molecule is C#CCCCCCCCCCCCCCCCCCCC. The Hall–Kier alpha value is -0.440. The molecule has 0 amide bonds. The molecule has 0 fully saturated rings. The first kappa shape index (κ1) is 20.6. The molecule has 0 bridgehead atoms. The molecule has 0 unspecified atom stereocenters. The van der Waals surface area contributed by atoms with Gasteiger partial charge in [0.25, 0.3) is 0 Å². The molecule has 0 atom stereocenters. The summed E-state index contributed by atoms with van der Waals surface area (Å²) in [4.78, 5) is 0. The first-order chi connectivity index (χ1) is 10.4. The molecule has 21 heavy (non-hydrogen) atoms. The van der Waals surface area contributed by atoms with Gasteiger partial charge >= 0.3 is 0 Å². The van der Waals surface area contributed by atoms with Crippen molar-refractivity contribution in [2.24, 2.45) is 0 Å². The fourth-order valence-electron chi connectivity index (χ4n) is 2.95. The maximum Gasteiger partial charge on any atom is 0.00860 e. The van der Waals surface area contributed by atoms with Gasteiger partial charge in [-0.2, -0.15) is 0 Å². The van der Waals surface area contributed by atoms with Crippen molar-refractivity contribution in [1.29, 1.82) is 0 Å². The predicted octanol–water partition coefficient (Wildman–Crippen LogP) is 7.66.